The van der Waals surface area contributed by atoms with E-state index in [0.29, 0.717) is 5.69 Å². The predicted octanol–water partition coefficient (Wildman–Crippen LogP) is 4.43. The molecule has 2 rings (SSSR count). The van der Waals surface area contributed by atoms with Crippen molar-refractivity contribution in [2.45, 2.75) is 26.8 Å². The van der Waals surface area contributed by atoms with Crippen LogP contribution in [0.15, 0.2) is 36.4 Å². The smallest absolute Gasteiger partial charge is 0.140 e. The van der Waals surface area contributed by atoms with E-state index in [9.17, 15) is 9.65 Å². The van der Waals surface area contributed by atoms with Gasteiger partial charge >= 0.3 is 0 Å². The number of rotatable bonds is 3. The summed E-state index contributed by atoms with van der Waals surface area (Å²) < 4.78 is 13.4. The molecule has 20 heavy (non-hydrogen) atoms. The molecule has 0 heterocycles. The van der Waals surface area contributed by atoms with Gasteiger partial charge in [-0.2, -0.15) is 5.26 Å². The van der Waals surface area contributed by atoms with E-state index in [1.807, 2.05) is 45.0 Å². The maximum Gasteiger partial charge on any atom is 0.140 e. The number of hydrogen-bond acceptors (Lipinski definition) is 2. The zero-order valence-electron chi connectivity index (χ0n) is 11.9. The standard InChI is InChI=1S/C17H17FN2/c1-11-7-14(18)9-15(8-11)20-17(10-19)16-6-4-5-12(2)13(16)3/h4-9,17,20H,1-3H3. The van der Waals surface area contributed by atoms with Gasteiger partial charge in [-0.15, -0.1) is 0 Å². The van der Waals surface area contributed by atoms with Gasteiger partial charge in [-0.1, -0.05) is 18.2 Å². The average molecular weight is 268 g/mol. The topological polar surface area (TPSA) is 35.8 Å². The third-order valence-electron chi connectivity index (χ3n) is 3.44. The average Bonchev–Trinajstić information content (AvgIpc) is 2.38. The van der Waals surface area contributed by atoms with Gasteiger partial charge in [0.25, 0.3) is 0 Å². The highest BCUT2D eigenvalue weighted by atomic mass is 19.1. The van der Waals surface area contributed by atoms with Gasteiger partial charge in [0, 0.05) is 5.69 Å². The second-order valence-electron chi connectivity index (χ2n) is 5.01. The first-order valence-electron chi connectivity index (χ1n) is 6.50. The molecular formula is C17H17FN2. The van der Waals surface area contributed by atoms with Crippen LogP contribution in [0.25, 0.3) is 0 Å². The first-order valence-corrected chi connectivity index (χ1v) is 6.50. The van der Waals surface area contributed by atoms with Crippen LogP contribution in [0.3, 0.4) is 0 Å². The SMILES string of the molecule is Cc1cc(F)cc(NC(C#N)c2cccc(C)c2C)c1. The Hall–Kier alpha value is -2.34. The summed E-state index contributed by atoms with van der Waals surface area (Å²) in [5, 5.41) is 12.5. The molecule has 0 saturated heterocycles. The summed E-state index contributed by atoms with van der Waals surface area (Å²) in [5.41, 5.74) is 4.59. The third kappa shape index (κ3) is 2.97. The Morgan fingerprint density at radius 3 is 2.55 bits per heavy atom. The molecule has 2 nitrogen and oxygen atoms in total. The molecule has 2 aromatic rings. The van der Waals surface area contributed by atoms with Crippen molar-refractivity contribution in [3.8, 4) is 6.07 Å². The fourth-order valence-corrected chi connectivity index (χ4v) is 2.25. The van der Waals surface area contributed by atoms with Crippen molar-refractivity contribution < 1.29 is 4.39 Å². The molecular weight excluding hydrogens is 251 g/mol. The minimum Gasteiger partial charge on any atom is -0.366 e. The van der Waals surface area contributed by atoms with Crippen LogP contribution in [0, 0.1) is 37.9 Å². The number of nitrogens with zero attached hydrogens (tertiary/aromatic N) is 1. The normalized spacial score (nSPS) is 11.8. The quantitative estimate of drug-likeness (QED) is 0.894. The van der Waals surface area contributed by atoms with Crippen LogP contribution in [-0.4, -0.2) is 0 Å². The minimum absolute atomic E-state index is 0.301. The molecule has 0 aliphatic heterocycles. The number of nitriles is 1. The lowest BCUT2D eigenvalue weighted by molar-refractivity contribution is 0.627. The molecule has 1 N–H and O–H groups in total. The Morgan fingerprint density at radius 2 is 1.90 bits per heavy atom. The molecule has 3 heteroatoms. The second-order valence-corrected chi connectivity index (χ2v) is 5.01. The molecule has 0 radical (unpaired) electrons. The molecule has 1 atom stereocenters. The van der Waals surface area contributed by atoms with Crippen molar-refractivity contribution >= 4 is 5.69 Å². The molecule has 0 amide bonds. The summed E-state index contributed by atoms with van der Waals surface area (Å²) in [5.74, 6) is -0.301. The van der Waals surface area contributed by atoms with E-state index in [-0.39, 0.29) is 5.82 Å². The van der Waals surface area contributed by atoms with Crippen molar-refractivity contribution in [3.63, 3.8) is 0 Å². The number of nitrogens with one attached hydrogen (secondary N) is 1. The van der Waals surface area contributed by atoms with Crippen LogP contribution in [0.4, 0.5) is 10.1 Å². The second kappa shape index (κ2) is 5.75. The van der Waals surface area contributed by atoms with Crippen LogP contribution in [0.5, 0.6) is 0 Å². The highest BCUT2D eigenvalue weighted by Gasteiger charge is 2.14. The van der Waals surface area contributed by atoms with E-state index < -0.39 is 6.04 Å². The van der Waals surface area contributed by atoms with E-state index in [2.05, 4.69) is 11.4 Å². The van der Waals surface area contributed by atoms with Crippen LogP contribution in [0.2, 0.25) is 0 Å². The molecule has 0 aliphatic carbocycles. The number of halogens is 1. The van der Waals surface area contributed by atoms with Gasteiger partial charge in [-0.25, -0.2) is 4.39 Å². The Bertz CT molecular complexity index is 651. The number of aryl methyl sites for hydroxylation is 2. The molecule has 0 bridgehead atoms. The van der Waals surface area contributed by atoms with Gasteiger partial charge in [0.1, 0.15) is 11.9 Å². The lowest BCUT2D eigenvalue weighted by atomic mass is 9.98. The summed E-state index contributed by atoms with van der Waals surface area (Å²) >= 11 is 0. The van der Waals surface area contributed by atoms with Crippen molar-refractivity contribution in [3.05, 3.63) is 64.5 Å². The Balaban J connectivity index is 2.34. The number of benzene rings is 2. The van der Waals surface area contributed by atoms with Gasteiger partial charge in [-0.3, -0.25) is 0 Å². The number of anilines is 1. The van der Waals surface area contributed by atoms with E-state index in [1.165, 1.54) is 12.1 Å². The van der Waals surface area contributed by atoms with Crippen molar-refractivity contribution in [1.29, 1.82) is 5.26 Å². The monoisotopic (exact) mass is 268 g/mol. The summed E-state index contributed by atoms with van der Waals surface area (Å²) in [6, 6.07) is 12.3. The minimum atomic E-state index is -0.490. The van der Waals surface area contributed by atoms with E-state index in [1.54, 1.807) is 0 Å². The van der Waals surface area contributed by atoms with Crippen LogP contribution in [-0.2, 0) is 0 Å². The van der Waals surface area contributed by atoms with Crippen LogP contribution < -0.4 is 5.32 Å². The van der Waals surface area contributed by atoms with Crippen molar-refractivity contribution in [2.24, 2.45) is 0 Å². The maximum absolute atomic E-state index is 13.4. The first kappa shape index (κ1) is 14.1. The van der Waals surface area contributed by atoms with Gasteiger partial charge in [0.2, 0.25) is 0 Å². The van der Waals surface area contributed by atoms with Gasteiger partial charge in [-0.05, 0) is 61.2 Å². The fraction of sp³-hybridized carbons (Fsp3) is 0.235. The molecule has 0 saturated carbocycles. The molecule has 0 spiro atoms. The van der Waals surface area contributed by atoms with Gasteiger partial charge < -0.3 is 5.32 Å². The summed E-state index contributed by atoms with van der Waals surface area (Å²) in [6.45, 7) is 5.83. The molecule has 0 fully saturated rings. The van der Waals surface area contributed by atoms with Crippen molar-refractivity contribution in [1.82, 2.24) is 0 Å². The first-order chi connectivity index (χ1) is 9.51. The lowest BCUT2D eigenvalue weighted by Gasteiger charge is -2.17. The largest absolute Gasteiger partial charge is 0.366 e. The predicted molar refractivity (Wildman–Crippen MR) is 79.0 cm³/mol. The lowest BCUT2D eigenvalue weighted by Crippen LogP contribution is -2.11. The van der Waals surface area contributed by atoms with E-state index in [4.69, 9.17) is 0 Å². The molecule has 2 aromatic carbocycles. The third-order valence-corrected chi connectivity index (χ3v) is 3.44. The number of hydrogen-bond donors (Lipinski definition) is 1. The van der Waals surface area contributed by atoms with Gasteiger partial charge in [0.15, 0.2) is 0 Å². The van der Waals surface area contributed by atoms with E-state index in [0.717, 1.165) is 22.3 Å². The molecule has 1 unspecified atom stereocenters. The zero-order chi connectivity index (χ0) is 14.7. The van der Waals surface area contributed by atoms with E-state index >= 15 is 0 Å². The molecule has 0 aliphatic rings. The Morgan fingerprint density at radius 1 is 1.15 bits per heavy atom. The van der Waals surface area contributed by atoms with Crippen molar-refractivity contribution in [2.75, 3.05) is 5.32 Å². The highest BCUT2D eigenvalue weighted by molar-refractivity contribution is 5.51. The Labute approximate surface area is 118 Å². The highest BCUT2D eigenvalue weighted by Crippen LogP contribution is 2.25. The Kier molecular flexibility index (Phi) is 4.05. The van der Waals surface area contributed by atoms with Gasteiger partial charge in [0.05, 0.1) is 6.07 Å². The zero-order valence-corrected chi connectivity index (χ0v) is 11.9. The summed E-state index contributed by atoms with van der Waals surface area (Å²) in [7, 11) is 0. The summed E-state index contributed by atoms with van der Waals surface area (Å²) in [6.07, 6.45) is 0. The van der Waals surface area contributed by atoms with Crippen LogP contribution >= 0.6 is 0 Å². The molecule has 102 valence electrons. The maximum atomic E-state index is 13.4. The summed E-state index contributed by atoms with van der Waals surface area (Å²) in [4.78, 5) is 0. The fourth-order valence-electron chi connectivity index (χ4n) is 2.25. The molecule has 0 aromatic heterocycles. The van der Waals surface area contributed by atoms with Crippen LogP contribution in [0.1, 0.15) is 28.3 Å².